The van der Waals surface area contributed by atoms with E-state index in [1.807, 2.05) is 42.5 Å². The lowest BCUT2D eigenvalue weighted by Gasteiger charge is -2.08. The molecule has 0 saturated carbocycles. The van der Waals surface area contributed by atoms with Gasteiger partial charge in [-0.3, -0.25) is 9.78 Å². The van der Waals surface area contributed by atoms with E-state index in [0.29, 0.717) is 11.3 Å². The van der Waals surface area contributed by atoms with Gasteiger partial charge in [-0.25, -0.2) is 0 Å². The Morgan fingerprint density at radius 1 is 0.760 bits per heavy atom. The summed E-state index contributed by atoms with van der Waals surface area (Å²) in [5.74, 6) is -0.143. The van der Waals surface area contributed by atoms with Crippen molar-refractivity contribution in [2.45, 2.75) is 0 Å². The molecule has 0 atom stereocenters. The largest absolute Gasteiger partial charge is 0.321 e. The fourth-order valence-corrected chi connectivity index (χ4v) is 2.85. The number of pyridine rings is 1. The lowest BCUT2D eigenvalue weighted by Crippen LogP contribution is -2.11. The highest BCUT2D eigenvalue weighted by Crippen LogP contribution is 2.25. The highest BCUT2D eigenvalue weighted by Gasteiger charge is 2.08. The van der Waals surface area contributed by atoms with Gasteiger partial charge in [-0.05, 0) is 52.2 Å². The molecule has 120 valence electrons. The predicted molar refractivity (Wildman–Crippen MR) is 102 cm³/mol. The molecule has 25 heavy (non-hydrogen) atoms. The highest BCUT2D eigenvalue weighted by atomic mass is 16.1. The zero-order chi connectivity index (χ0) is 17.1. The number of hydrogen-bond donors (Lipinski definition) is 1. The lowest BCUT2D eigenvalue weighted by atomic mass is 9.99. The molecule has 1 aromatic heterocycles. The van der Waals surface area contributed by atoms with Crippen LogP contribution in [0, 0.1) is 0 Å². The minimum absolute atomic E-state index is 0.143. The van der Waals surface area contributed by atoms with Crippen LogP contribution in [0.3, 0.4) is 0 Å². The van der Waals surface area contributed by atoms with Crippen molar-refractivity contribution in [1.29, 1.82) is 0 Å². The third kappa shape index (κ3) is 3.26. The van der Waals surface area contributed by atoms with Crippen LogP contribution in [-0.4, -0.2) is 10.9 Å². The van der Waals surface area contributed by atoms with E-state index in [4.69, 9.17) is 0 Å². The molecule has 0 saturated heterocycles. The molecule has 0 aliphatic rings. The van der Waals surface area contributed by atoms with Crippen molar-refractivity contribution < 1.29 is 4.79 Å². The number of nitrogens with one attached hydrogen (secondary N) is 1. The Kier molecular flexibility index (Phi) is 3.97. The van der Waals surface area contributed by atoms with Crippen molar-refractivity contribution in [3.63, 3.8) is 0 Å². The molecule has 0 radical (unpaired) electrons. The molecule has 1 heterocycles. The molecule has 1 N–H and O–H groups in total. The number of fused-ring (bicyclic) bond motifs is 1. The number of hydrogen-bond acceptors (Lipinski definition) is 2. The summed E-state index contributed by atoms with van der Waals surface area (Å²) in [6.07, 6.45) is 3.31. The van der Waals surface area contributed by atoms with E-state index < -0.39 is 0 Å². The van der Waals surface area contributed by atoms with Crippen LogP contribution in [0.1, 0.15) is 10.4 Å². The maximum Gasteiger partial charge on any atom is 0.255 e. The maximum atomic E-state index is 12.5. The lowest BCUT2D eigenvalue weighted by molar-refractivity contribution is 0.102. The van der Waals surface area contributed by atoms with Crippen LogP contribution in [0.25, 0.3) is 21.9 Å². The molecule has 0 bridgehead atoms. The smallest absolute Gasteiger partial charge is 0.255 e. The molecular weight excluding hydrogens is 308 g/mol. The second kappa shape index (κ2) is 6.57. The Balaban J connectivity index is 1.65. The molecule has 3 nitrogen and oxygen atoms in total. The van der Waals surface area contributed by atoms with Gasteiger partial charge in [0, 0.05) is 11.8 Å². The molecule has 4 rings (SSSR count). The van der Waals surface area contributed by atoms with Gasteiger partial charge in [-0.2, -0.15) is 0 Å². The average Bonchev–Trinajstić information content (AvgIpc) is 2.68. The molecular formula is C22H16N2O. The maximum absolute atomic E-state index is 12.5. The molecule has 0 spiro atoms. The van der Waals surface area contributed by atoms with Crippen LogP contribution in [-0.2, 0) is 0 Å². The molecule has 1 amide bonds. The first-order chi connectivity index (χ1) is 12.3. The Morgan fingerprint density at radius 2 is 1.60 bits per heavy atom. The Hall–Kier alpha value is -3.46. The normalized spacial score (nSPS) is 10.6. The van der Waals surface area contributed by atoms with Crippen LogP contribution in [0.15, 0.2) is 91.3 Å². The second-order valence-electron chi connectivity index (χ2n) is 5.84. The van der Waals surface area contributed by atoms with Crippen molar-refractivity contribution in [1.82, 2.24) is 4.98 Å². The number of anilines is 1. The summed E-state index contributed by atoms with van der Waals surface area (Å²) in [6, 6.07) is 25.9. The van der Waals surface area contributed by atoms with Gasteiger partial charge in [0.1, 0.15) is 0 Å². The first-order valence-corrected chi connectivity index (χ1v) is 8.10. The number of aromatic nitrogens is 1. The zero-order valence-electron chi connectivity index (χ0n) is 13.5. The van der Waals surface area contributed by atoms with E-state index in [0.717, 1.165) is 11.1 Å². The summed E-state index contributed by atoms with van der Waals surface area (Å²) in [5, 5.41) is 5.26. The topological polar surface area (TPSA) is 42.0 Å². The Labute approximate surface area is 146 Å². The fourth-order valence-electron chi connectivity index (χ4n) is 2.85. The van der Waals surface area contributed by atoms with Crippen LogP contribution < -0.4 is 5.32 Å². The van der Waals surface area contributed by atoms with Crippen LogP contribution >= 0.6 is 0 Å². The van der Waals surface area contributed by atoms with E-state index >= 15 is 0 Å². The Bertz CT molecular complexity index is 1040. The van der Waals surface area contributed by atoms with Gasteiger partial charge >= 0.3 is 0 Å². The standard InChI is InChI=1S/C22H16N2O/c25-22(24-21-9-4-12-23-15-21)20-8-3-7-18(14-20)19-11-10-16-5-1-2-6-17(16)13-19/h1-15H,(H,24,25). The highest BCUT2D eigenvalue weighted by molar-refractivity contribution is 6.05. The minimum Gasteiger partial charge on any atom is -0.321 e. The fraction of sp³-hybridized carbons (Fsp3) is 0. The molecule has 0 aliphatic heterocycles. The van der Waals surface area contributed by atoms with Gasteiger partial charge in [0.15, 0.2) is 0 Å². The van der Waals surface area contributed by atoms with E-state index in [2.05, 4.69) is 40.6 Å². The van der Waals surface area contributed by atoms with E-state index in [1.54, 1.807) is 18.5 Å². The molecule has 0 unspecified atom stereocenters. The first-order valence-electron chi connectivity index (χ1n) is 8.10. The SMILES string of the molecule is O=C(Nc1cccnc1)c1cccc(-c2ccc3ccccc3c2)c1. The number of carbonyl (C=O) groups excluding carboxylic acids is 1. The molecule has 0 fully saturated rings. The van der Waals surface area contributed by atoms with E-state index in [-0.39, 0.29) is 5.91 Å². The van der Waals surface area contributed by atoms with Crippen molar-refractivity contribution in [2.24, 2.45) is 0 Å². The van der Waals surface area contributed by atoms with Gasteiger partial charge in [0.25, 0.3) is 5.91 Å². The van der Waals surface area contributed by atoms with Crippen molar-refractivity contribution >= 4 is 22.4 Å². The van der Waals surface area contributed by atoms with Gasteiger partial charge in [-0.1, -0.05) is 48.5 Å². The van der Waals surface area contributed by atoms with E-state index in [1.165, 1.54) is 10.8 Å². The summed E-state index contributed by atoms with van der Waals surface area (Å²) >= 11 is 0. The quantitative estimate of drug-likeness (QED) is 0.566. The van der Waals surface area contributed by atoms with Crippen LogP contribution in [0.4, 0.5) is 5.69 Å². The predicted octanol–water partition coefficient (Wildman–Crippen LogP) is 5.15. The summed E-state index contributed by atoms with van der Waals surface area (Å²) in [6.45, 7) is 0. The van der Waals surface area contributed by atoms with Crippen molar-refractivity contribution in [3.8, 4) is 11.1 Å². The number of benzene rings is 3. The number of carbonyl (C=O) groups is 1. The minimum atomic E-state index is -0.143. The molecule has 0 aliphatic carbocycles. The molecule has 4 aromatic rings. The number of amides is 1. The summed E-state index contributed by atoms with van der Waals surface area (Å²) in [5.41, 5.74) is 3.41. The van der Waals surface area contributed by atoms with Crippen LogP contribution in [0.2, 0.25) is 0 Å². The zero-order valence-corrected chi connectivity index (χ0v) is 13.5. The van der Waals surface area contributed by atoms with E-state index in [9.17, 15) is 4.79 Å². The van der Waals surface area contributed by atoms with Gasteiger partial charge in [0.05, 0.1) is 11.9 Å². The Morgan fingerprint density at radius 3 is 2.44 bits per heavy atom. The van der Waals surface area contributed by atoms with Gasteiger partial charge in [-0.15, -0.1) is 0 Å². The van der Waals surface area contributed by atoms with Crippen LogP contribution in [0.5, 0.6) is 0 Å². The monoisotopic (exact) mass is 324 g/mol. The number of nitrogens with zero attached hydrogens (tertiary/aromatic N) is 1. The first kappa shape index (κ1) is 15.1. The number of rotatable bonds is 3. The average molecular weight is 324 g/mol. The third-order valence-corrected chi connectivity index (χ3v) is 4.13. The van der Waals surface area contributed by atoms with Gasteiger partial charge in [0.2, 0.25) is 0 Å². The summed E-state index contributed by atoms with van der Waals surface area (Å²) in [7, 11) is 0. The van der Waals surface area contributed by atoms with Crippen molar-refractivity contribution in [3.05, 3.63) is 96.8 Å². The summed E-state index contributed by atoms with van der Waals surface area (Å²) in [4.78, 5) is 16.5. The third-order valence-electron chi connectivity index (χ3n) is 4.13. The second-order valence-corrected chi connectivity index (χ2v) is 5.84. The molecule has 3 aromatic carbocycles. The molecule has 3 heteroatoms. The van der Waals surface area contributed by atoms with Crippen molar-refractivity contribution in [2.75, 3.05) is 5.32 Å². The summed E-state index contributed by atoms with van der Waals surface area (Å²) < 4.78 is 0. The van der Waals surface area contributed by atoms with Gasteiger partial charge < -0.3 is 5.32 Å².